The number of piperidine rings is 1. The van der Waals surface area contributed by atoms with Gasteiger partial charge >= 0.3 is 6.03 Å². The maximum Gasteiger partial charge on any atom is 0.317 e. The number of nitrogens with zero attached hydrogens (tertiary/aromatic N) is 2. The molecule has 3 rings (SSSR count). The van der Waals surface area contributed by atoms with Gasteiger partial charge in [0.15, 0.2) is 5.76 Å². The van der Waals surface area contributed by atoms with Crippen LogP contribution in [0.5, 0.6) is 0 Å². The van der Waals surface area contributed by atoms with E-state index in [2.05, 4.69) is 5.32 Å². The van der Waals surface area contributed by atoms with E-state index in [1.165, 1.54) is 6.26 Å². The highest BCUT2D eigenvalue weighted by atomic mass is 19.1. The molecule has 6 nitrogen and oxygen atoms in total. The Hall–Kier alpha value is -2.05. The molecular weight excluding hydrogens is 313 g/mol. The van der Waals surface area contributed by atoms with Crippen LogP contribution in [0.2, 0.25) is 0 Å². The lowest BCUT2D eigenvalue weighted by molar-refractivity contribution is 0.0243. The van der Waals surface area contributed by atoms with E-state index in [1.54, 1.807) is 21.9 Å². The second-order valence-corrected chi connectivity index (χ2v) is 7.10. The Morgan fingerprint density at radius 1 is 1.33 bits per heavy atom. The number of hydrogen-bond donors (Lipinski definition) is 1. The summed E-state index contributed by atoms with van der Waals surface area (Å²) < 4.78 is 19.9. The van der Waals surface area contributed by atoms with Crippen molar-refractivity contribution in [2.24, 2.45) is 5.41 Å². The number of halogens is 1. The fraction of sp³-hybridized carbons (Fsp3) is 0.647. The summed E-state index contributed by atoms with van der Waals surface area (Å²) in [6, 6.07) is 3.16. The quantitative estimate of drug-likeness (QED) is 0.900. The predicted octanol–water partition coefficient (Wildman–Crippen LogP) is 2.27. The number of hydrogen-bond acceptors (Lipinski definition) is 3. The van der Waals surface area contributed by atoms with E-state index in [1.807, 2.05) is 13.8 Å². The smallest absolute Gasteiger partial charge is 0.317 e. The van der Waals surface area contributed by atoms with Crippen LogP contribution in [0, 0.1) is 5.41 Å². The van der Waals surface area contributed by atoms with Gasteiger partial charge in [0.1, 0.15) is 6.17 Å². The molecule has 0 aliphatic carbocycles. The van der Waals surface area contributed by atoms with Gasteiger partial charge in [0.2, 0.25) is 0 Å². The van der Waals surface area contributed by atoms with Gasteiger partial charge < -0.3 is 19.5 Å². The van der Waals surface area contributed by atoms with E-state index in [0.717, 1.165) is 0 Å². The second kappa shape index (κ2) is 6.45. The van der Waals surface area contributed by atoms with Gasteiger partial charge in [-0.05, 0) is 38.8 Å². The first-order valence-corrected chi connectivity index (χ1v) is 8.43. The molecule has 0 bridgehead atoms. The minimum atomic E-state index is -1.00. The van der Waals surface area contributed by atoms with E-state index >= 15 is 0 Å². The Morgan fingerprint density at radius 3 is 2.75 bits per heavy atom. The molecule has 24 heavy (non-hydrogen) atoms. The molecule has 3 amide bonds. The molecule has 0 radical (unpaired) electrons. The zero-order chi connectivity index (χ0) is 17.3. The van der Waals surface area contributed by atoms with Crippen LogP contribution in [0.15, 0.2) is 22.8 Å². The third-order valence-electron chi connectivity index (χ3n) is 4.93. The highest BCUT2D eigenvalue weighted by molar-refractivity contribution is 5.91. The topological polar surface area (TPSA) is 65.8 Å². The SMILES string of the molecule is CC(C)NC(=O)N1CC[C@H](F)[C@]2(CCN(C(=O)c3ccco3)C2)C1. The van der Waals surface area contributed by atoms with Crippen LogP contribution in [-0.2, 0) is 0 Å². The van der Waals surface area contributed by atoms with Crippen LogP contribution in [-0.4, -0.2) is 60.1 Å². The summed E-state index contributed by atoms with van der Waals surface area (Å²) in [7, 11) is 0. The first kappa shape index (κ1) is 16.8. The lowest BCUT2D eigenvalue weighted by atomic mass is 9.77. The Bertz CT molecular complexity index is 604. The van der Waals surface area contributed by atoms with E-state index < -0.39 is 11.6 Å². The Labute approximate surface area is 141 Å². The van der Waals surface area contributed by atoms with Gasteiger partial charge in [0.25, 0.3) is 5.91 Å². The van der Waals surface area contributed by atoms with E-state index in [9.17, 15) is 14.0 Å². The van der Waals surface area contributed by atoms with Gasteiger partial charge in [0.05, 0.1) is 6.26 Å². The number of alkyl halides is 1. The summed E-state index contributed by atoms with van der Waals surface area (Å²) in [5, 5.41) is 2.86. The van der Waals surface area contributed by atoms with E-state index in [0.29, 0.717) is 39.0 Å². The summed E-state index contributed by atoms with van der Waals surface area (Å²) in [6.45, 7) is 5.35. The summed E-state index contributed by atoms with van der Waals surface area (Å²) in [4.78, 5) is 28.0. The van der Waals surface area contributed by atoms with Gasteiger partial charge in [-0.2, -0.15) is 0 Å². The molecule has 1 spiro atoms. The third kappa shape index (κ3) is 3.12. The molecule has 1 aromatic rings. The molecule has 132 valence electrons. The molecule has 2 fully saturated rings. The first-order valence-electron chi connectivity index (χ1n) is 8.43. The lowest BCUT2D eigenvalue weighted by Gasteiger charge is -2.42. The summed E-state index contributed by atoms with van der Waals surface area (Å²) in [6.07, 6.45) is 1.32. The molecule has 2 atom stereocenters. The normalized spacial score (nSPS) is 27.1. The fourth-order valence-electron chi connectivity index (χ4n) is 3.66. The highest BCUT2D eigenvalue weighted by Gasteiger charge is 2.50. The van der Waals surface area contributed by atoms with Crippen LogP contribution in [0.25, 0.3) is 0 Å². The van der Waals surface area contributed by atoms with Crippen LogP contribution >= 0.6 is 0 Å². The van der Waals surface area contributed by atoms with Crippen molar-refractivity contribution in [3.63, 3.8) is 0 Å². The van der Waals surface area contributed by atoms with Crippen molar-refractivity contribution < 1.29 is 18.4 Å². The Balaban J connectivity index is 1.70. The van der Waals surface area contributed by atoms with Gasteiger partial charge in [-0.3, -0.25) is 4.79 Å². The minimum absolute atomic E-state index is 0.0390. The largest absolute Gasteiger partial charge is 0.459 e. The number of nitrogens with one attached hydrogen (secondary N) is 1. The average Bonchev–Trinajstić information content (AvgIpc) is 3.19. The lowest BCUT2D eigenvalue weighted by Crippen LogP contribution is -2.56. The van der Waals surface area contributed by atoms with Gasteiger partial charge in [0, 0.05) is 37.6 Å². The van der Waals surface area contributed by atoms with Crippen LogP contribution in [0.1, 0.15) is 37.2 Å². The number of furan rings is 1. The van der Waals surface area contributed by atoms with Gasteiger partial charge in [-0.25, -0.2) is 9.18 Å². The van der Waals surface area contributed by atoms with E-state index in [-0.39, 0.29) is 23.7 Å². The van der Waals surface area contributed by atoms with Crippen molar-refractivity contribution in [1.82, 2.24) is 15.1 Å². The number of rotatable bonds is 2. The fourth-order valence-corrected chi connectivity index (χ4v) is 3.66. The number of carbonyl (C=O) groups excluding carboxylic acids is 2. The van der Waals surface area contributed by atoms with Gasteiger partial charge in [-0.1, -0.05) is 0 Å². The van der Waals surface area contributed by atoms with Crippen molar-refractivity contribution >= 4 is 11.9 Å². The molecule has 2 saturated heterocycles. The number of carbonyl (C=O) groups is 2. The monoisotopic (exact) mass is 337 g/mol. The summed E-state index contributed by atoms with van der Waals surface area (Å²) >= 11 is 0. The van der Waals surface area contributed by atoms with Crippen molar-refractivity contribution in [3.8, 4) is 0 Å². The third-order valence-corrected chi connectivity index (χ3v) is 4.93. The zero-order valence-electron chi connectivity index (χ0n) is 14.1. The second-order valence-electron chi connectivity index (χ2n) is 7.10. The molecule has 3 heterocycles. The molecule has 7 heteroatoms. The molecule has 2 aliphatic rings. The van der Waals surface area contributed by atoms with Crippen molar-refractivity contribution in [1.29, 1.82) is 0 Å². The standard InChI is InChI=1S/C17H24FN3O3/c1-12(2)19-16(23)21-7-5-14(18)17(11-21)6-8-20(10-17)15(22)13-4-3-9-24-13/h3-4,9,12,14H,5-8,10-11H2,1-2H3,(H,19,23)/t14-,17-/m0/s1. The summed E-state index contributed by atoms with van der Waals surface area (Å²) in [5.41, 5.74) is -0.672. The number of amides is 3. The van der Waals surface area contributed by atoms with Crippen LogP contribution in [0.3, 0.4) is 0 Å². The zero-order valence-corrected chi connectivity index (χ0v) is 14.1. The molecule has 2 aliphatic heterocycles. The van der Waals surface area contributed by atoms with Crippen LogP contribution in [0.4, 0.5) is 9.18 Å². The molecule has 0 saturated carbocycles. The number of likely N-dealkylation sites (tertiary alicyclic amines) is 2. The van der Waals surface area contributed by atoms with Gasteiger partial charge in [-0.15, -0.1) is 0 Å². The van der Waals surface area contributed by atoms with Crippen molar-refractivity contribution in [2.45, 2.75) is 38.9 Å². The maximum absolute atomic E-state index is 14.7. The Kier molecular flexibility index (Phi) is 4.51. The first-order chi connectivity index (χ1) is 11.4. The highest BCUT2D eigenvalue weighted by Crippen LogP contribution is 2.41. The predicted molar refractivity (Wildman–Crippen MR) is 86.4 cm³/mol. The van der Waals surface area contributed by atoms with E-state index in [4.69, 9.17) is 4.42 Å². The van der Waals surface area contributed by atoms with Crippen molar-refractivity contribution in [2.75, 3.05) is 26.2 Å². The molecule has 1 N–H and O–H groups in total. The molecule has 0 aromatic carbocycles. The summed E-state index contributed by atoms with van der Waals surface area (Å²) in [5.74, 6) is 0.0560. The van der Waals surface area contributed by atoms with Crippen LogP contribution < -0.4 is 5.32 Å². The molecule has 1 aromatic heterocycles. The Morgan fingerprint density at radius 2 is 2.08 bits per heavy atom. The van der Waals surface area contributed by atoms with Crippen molar-refractivity contribution in [3.05, 3.63) is 24.2 Å². The average molecular weight is 337 g/mol. The number of urea groups is 1. The maximum atomic E-state index is 14.7. The minimum Gasteiger partial charge on any atom is -0.459 e. The molecular formula is C17H24FN3O3. The molecule has 0 unspecified atom stereocenters.